The molecule has 0 aliphatic rings. The number of phenols is 1. The molecule has 7 heteroatoms. The zero-order valence-electron chi connectivity index (χ0n) is 10.2. The van der Waals surface area contributed by atoms with Crippen molar-refractivity contribution in [1.82, 2.24) is 5.32 Å². The lowest BCUT2D eigenvalue weighted by molar-refractivity contribution is 0.373. The summed E-state index contributed by atoms with van der Waals surface area (Å²) in [4.78, 5) is 0. The molecule has 0 atom stereocenters. The summed E-state index contributed by atoms with van der Waals surface area (Å²) in [7, 11) is -1.89. The normalized spacial score (nSPS) is 11.4. The summed E-state index contributed by atoms with van der Waals surface area (Å²) in [5, 5.41) is 17.4. The van der Waals surface area contributed by atoms with Gasteiger partial charge in [0.05, 0.1) is 12.9 Å². The molecule has 0 spiro atoms. The number of hydrogen-bond acceptors (Lipinski definition) is 5. The van der Waals surface area contributed by atoms with Gasteiger partial charge in [-0.25, -0.2) is 13.6 Å². The number of aromatic hydroxyl groups is 1. The van der Waals surface area contributed by atoms with Gasteiger partial charge in [0.25, 0.3) is 0 Å². The van der Waals surface area contributed by atoms with Crippen molar-refractivity contribution in [2.75, 3.05) is 19.4 Å². The number of hydrogen-bond donors (Lipinski definition) is 3. The number of nitrogens with two attached hydrogens (primary N) is 1. The fraction of sp³-hybridized carbons (Fsp3) is 0.455. The van der Waals surface area contributed by atoms with E-state index in [1.807, 2.05) is 0 Å². The highest BCUT2D eigenvalue weighted by Crippen LogP contribution is 2.25. The number of phenolic OH excluding ortho intramolecular Hbond substituents is 1. The number of sulfonamides is 1. The van der Waals surface area contributed by atoms with Crippen LogP contribution in [0.15, 0.2) is 18.2 Å². The third-order valence-electron chi connectivity index (χ3n) is 2.36. The minimum atomic E-state index is -3.38. The van der Waals surface area contributed by atoms with Gasteiger partial charge < -0.3 is 15.2 Å². The molecule has 4 N–H and O–H groups in total. The Labute approximate surface area is 107 Å². The van der Waals surface area contributed by atoms with Gasteiger partial charge in [-0.2, -0.15) is 0 Å². The highest BCUT2D eigenvalue weighted by molar-refractivity contribution is 7.89. The molecule has 0 radical (unpaired) electrons. The van der Waals surface area contributed by atoms with Crippen LogP contribution in [0.25, 0.3) is 0 Å². The van der Waals surface area contributed by atoms with Gasteiger partial charge in [-0.3, -0.25) is 0 Å². The van der Waals surface area contributed by atoms with Crippen molar-refractivity contribution in [2.24, 2.45) is 5.14 Å². The highest BCUT2D eigenvalue weighted by atomic mass is 32.2. The van der Waals surface area contributed by atoms with Crippen LogP contribution in [-0.4, -0.2) is 32.9 Å². The third kappa shape index (κ3) is 5.35. The average Bonchev–Trinajstić information content (AvgIpc) is 2.29. The molecule has 18 heavy (non-hydrogen) atoms. The number of benzene rings is 1. The summed E-state index contributed by atoms with van der Waals surface area (Å²) >= 11 is 0. The highest BCUT2D eigenvalue weighted by Gasteiger charge is 2.03. The van der Waals surface area contributed by atoms with Crippen LogP contribution in [0.1, 0.15) is 12.0 Å². The predicted octanol–water partition coefficient (Wildman–Crippen LogP) is 0.169. The molecule has 0 aliphatic carbocycles. The SMILES string of the molecule is COc1cc(CNCCCS(N)(=O)=O)ccc1O. The van der Waals surface area contributed by atoms with Gasteiger partial charge in [-0.05, 0) is 30.7 Å². The van der Waals surface area contributed by atoms with Crippen LogP contribution in [0.5, 0.6) is 11.5 Å². The molecule has 102 valence electrons. The zero-order valence-corrected chi connectivity index (χ0v) is 11.0. The largest absolute Gasteiger partial charge is 0.504 e. The zero-order chi connectivity index (χ0) is 13.6. The molecular formula is C11H18N2O4S. The van der Waals surface area contributed by atoms with Crippen LogP contribution in [0.3, 0.4) is 0 Å². The van der Waals surface area contributed by atoms with E-state index in [2.05, 4.69) is 5.32 Å². The number of ether oxygens (including phenoxy) is 1. The quantitative estimate of drug-likeness (QED) is 0.615. The first-order valence-corrected chi connectivity index (χ1v) is 7.21. The van der Waals surface area contributed by atoms with Gasteiger partial charge in [-0.15, -0.1) is 0 Å². The van der Waals surface area contributed by atoms with E-state index < -0.39 is 10.0 Å². The Balaban J connectivity index is 2.36. The van der Waals surface area contributed by atoms with Gasteiger partial charge in [0.15, 0.2) is 11.5 Å². The first kappa shape index (κ1) is 14.7. The van der Waals surface area contributed by atoms with E-state index in [-0.39, 0.29) is 11.5 Å². The maximum atomic E-state index is 10.7. The minimum Gasteiger partial charge on any atom is -0.504 e. The van der Waals surface area contributed by atoms with Crippen molar-refractivity contribution in [3.8, 4) is 11.5 Å². The Morgan fingerprint density at radius 1 is 1.44 bits per heavy atom. The summed E-state index contributed by atoms with van der Waals surface area (Å²) in [6, 6.07) is 5.05. The van der Waals surface area contributed by atoms with Crippen LogP contribution in [0.2, 0.25) is 0 Å². The van der Waals surface area contributed by atoms with Gasteiger partial charge in [0, 0.05) is 6.54 Å². The average molecular weight is 274 g/mol. The standard InChI is InChI=1S/C11H18N2O4S/c1-17-11-7-9(3-4-10(11)14)8-13-5-2-6-18(12,15)16/h3-4,7,13-14H,2,5-6,8H2,1H3,(H2,12,15,16). The van der Waals surface area contributed by atoms with Crippen molar-refractivity contribution in [2.45, 2.75) is 13.0 Å². The molecule has 0 saturated heterocycles. The molecule has 0 fully saturated rings. The van der Waals surface area contributed by atoms with E-state index >= 15 is 0 Å². The van der Waals surface area contributed by atoms with Crippen molar-refractivity contribution in [3.63, 3.8) is 0 Å². The molecule has 1 aromatic rings. The van der Waals surface area contributed by atoms with E-state index in [4.69, 9.17) is 9.88 Å². The molecule has 0 heterocycles. The van der Waals surface area contributed by atoms with E-state index in [0.29, 0.717) is 25.3 Å². The van der Waals surface area contributed by atoms with Gasteiger partial charge in [-0.1, -0.05) is 6.07 Å². The fourth-order valence-corrected chi connectivity index (χ4v) is 2.01. The van der Waals surface area contributed by atoms with E-state index in [1.54, 1.807) is 18.2 Å². The van der Waals surface area contributed by atoms with Crippen LogP contribution < -0.4 is 15.2 Å². The van der Waals surface area contributed by atoms with E-state index in [0.717, 1.165) is 5.56 Å². The summed E-state index contributed by atoms with van der Waals surface area (Å²) in [5.74, 6) is 0.480. The lowest BCUT2D eigenvalue weighted by atomic mass is 10.2. The lowest BCUT2D eigenvalue weighted by Crippen LogP contribution is -2.22. The summed E-state index contributed by atoms with van der Waals surface area (Å²) in [6.45, 7) is 1.13. The Bertz CT molecular complexity index is 488. The second-order valence-electron chi connectivity index (χ2n) is 3.90. The number of rotatable bonds is 7. The van der Waals surface area contributed by atoms with Crippen molar-refractivity contribution >= 4 is 10.0 Å². The predicted molar refractivity (Wildman–Crippen MR) is 69.0 cm³/mol. The number of primary sulfonamides is 1. The number of methoxy groups -OCH3 is 1. The van der Waals surface area contributed by atoms with Crippen LogP contribution >= 0.6 is 0 Å². The molecule has 6 nitrogen and oxygen atoms in total. The molecular weight excluding hydrogens is 256 g/mol. The Morgan fingerprint density at radius 3 is 2.78 bits per heavy atom. The molecule has 0 aliphatic heterocycles. The number of nitrogens with one attached hydrogen (secondary N) is 1. The third-order valence-corrected chi connectivity index (χ3v) is 3.21. The topological polar surface area (TPSA) is 102 Å². The smallest absolute Gasteiger partial charge is 0.209 e. The van der Waals surface area contributed by atoms with Gasteiger partial charge in [0.2, 0.25) is 10.0 Å². The molecule has 0 amide bonds. The summed E-state index contributed by atoms with van der Waals surface area (Å²) in [6.07, 6.45) is 0.466. The monoisotopic (exact) mass is 274 g/mol. The summed E-state index contributed by atoms with van der Waals surface area (Å²) < 4.78 is 26.4. The Hall–Kier alpha value is -1.31. The Morgan fingerprint density at radius 2 is 2.17 bits per heavy atom. The first-order valence-electron chi connectivity index (χ1n) is 5.49. The van der Waals surface area contributed by atoms with Crippen molar-refractivity contribution in [1.29, 1.82) is 0 Å². The van der Waals surface area contributed by atoms with E-state index in [9.17, 15) is 13.5 Å². The molecule has 0 bridgehead atoms. The van der Waals surface area contributed by atoms with Crippen LogP contribution in [-0.2, 0) is 16.6 Å². The van der Waals surface area contributed by atoms with Gasteiger partial charge >= 0.3 is 0 Å². The second-order valence-corrected chi connectivity index (χ2v) is 5.64. The molecule has 1 aromatic carbocycles. The lowest BCUT2D eigenvalue weighted by Gasteiger charge is -2.07. The minimum absolute atomic E-state index is 0.0289. The Kier molecular flexibility index (Phi) is 5.39. The first-order chi connectivity index (χ1) is 8.42. The molecule has 0 saturated carbocycles. The van der Waals surface area contributed by atoms with Gasteiger partial charge in [0.1, 0.15) is 0 Å². The maximum absolute atomic E-state index is 10.7. The maximum Gasteiger partial charge on any atom is 0.209 e. The van der Waals surface area contributed by atoms with E-state index in [1.165, 1.54) is 7.11 Å². The van der Waals surface area contributed by atoms with Crippen LogP contribution in [0.4, 0.5) is 0 Å². The fourth-order valence-electron chi connectivity index (χ4n) is 1.46. The molecule has 0 unspecified atom stereocenters. The van der Waals surface area contributed by atoms with Crippen LogP contribution in [0, 0.1) is 0 Å². The van der Waals surface area contributed by atoms with Crippen molar-refractivity contribution in [3.05, 3.63) is 23.8 Å². The molecule has 1 rings (SSSR count). The second kappa shape index (κ2) is 6.58. The molecule has 0 aromatic heterocycles. The summed E-state index contributed by atoms with van der Waals surface area (Å²) in [5.41, 5.74) is 0.945. The van der Waals surface area contributed by atoms with Crippen molar-refractivity contribution < 1.29 is 18.3 Å².